The van der Waals surface area contributed by atoms with E-state index in [-0.39, 0.29) is 11.8 Å². The molecule has 0 fully saturated rings. The van der Waals surface area contributed by atoms with Gasteiger partial charge in [0.15, 0.2) is 0 Å². The minimum Gasteiger partial charge on any atom is -0.382 e. The number of carbonyl (C=O) groups excluding carboxylic acids is 2. The molecule has 2 heterocycles. The molecule has 0 spiro atoms. The van der Waals surface area contributed by atoms with Crippen molar-refractivity contribution in [3.63, 3.8) is 0 Å². The summed E-state index contributed by atoms with van der Waals surface area (Å²) in [6.45, 7) is 0.754. The number of fused-ring (bicyclic) bond motifs is 1. The van der Waals surface area contributed by atoms with E-state index in [2.05, 4.69) is 10.3 Å². The van der Waals surface area contributed by atoms with Crippen LogP contribution in [0.5, 0.6) is 0 Å². The Morgan fingerprint density at radius 2 is 1.71 bits per heavy atom. The summed E-state index contributed by atoms with van der Waals surface area (Å²) >= 11 is 5.70. The molecule has 0 saturated heterocycles. The predicted molar refractivity (Wildman–Crippen MR) is 79.5 cm³/mol. The summed E-state index contributed by atoms with van der Waals surface area (Å²) in [5.41, 5.74) is 1.72. The first-order chi connectivity index (χ1) is 10.2. The number of amides is 2. The van der Waals surface area contributed by atoms with Crippen LogP contribution in [0.2, 0.25) is 5.15 Å². The summed E-state index contributed by atoms with van der Waals surface area (Å²) in [6.07, 6.45) is 1.60. The third-order valence-corrected chi connectivity index (χ3v) is 3.49. The third kappa shape index (κ3) is 2.60. The second kappa shape index (κ2) is 5.54. The molecule has 106 valence electrons. The van der Waals surface area contributed by atoms with Crippen LogP contribution in [0.15, 0.2) is 42.6 Å². The maximum Gasteiger partial charge on any atom is 0.261 e. The molecule has 0 radical (unpaired) electrons. The van der Waals surface area contributed by atoms with Gasteiger partial charge < -0.3 is 5.32 Å². The van der Waals surface area contributed by atoms with Crippen LogP contribution in [0.3, 0.4) is 0 Å². The normalized spacial score (nSPS) is 13.5. The average molecular weight is 302 g/mol. The van der Waals surface area contributed by atoms with Gasteiger partial charge in [0.1, 0.15) is 5.15 Å². The topological polar surface area (TPSA) is 62.3 Å². The Balaban J connectivity index is 1.63. The number of nitrogens with zero attached hydrogens (tertiary/aromatic N) is 2. The fourth-order valence-electron chi connectivity index (χ4n) is 2.23. The van der Waals surface area contributed by atoms with Gasteiger partial charge in [-0.2, -0.15) is 0 Å². The van der Waals surface area contributed by atoms with Gasteiger partial charge in [-0.15, -0.1) is 0 Å². The summed E-state index contributed by atoms with van der Waals surface area (Å²) in [7, 11) is 0. The Kier molecular flexibility index (Phi) is 3.58. The Bertz CT molecular complexity index is 665. The van der Waals surface area contributed by atoms with Gasteiger partial charge in [-0.05, 0) is 24.3 Å². The Morgan fingerprint density at radius 3 is 2.29 bits per heavy atom. The summed E-state index contributed by atoms with van der Waals surface area (Å²) < 4.78 is 0. The van der Waals surface area contributed by atoms with Gasteiger partial charge in [-0.25, -0.2) is 4.98 Å². The number of benzene rings is 1. The number of pyridine rings is 1. The van der Waals surface area contributed by atoms with Gasteiger partial charge in [-0.1, -0.05) is 23.7 Å². The van der Waals surface area contributed by atoms with E-state index in [1.165, 1.54) is 4.90 Å². The van der Waals surface area contributed by atoms with E-state index in [1.54, 1.807) is 42.6 Å². The molecule has 2 aromatic rings. The number of hydrogen-bond donors (Lipinski definition) is 1. The largest absolute Gasteiger partial charge is 0.382 e. The Morgan fingerprint density at radius 1 is 1.05 bits per heavy atom. The van der Waals surface area contributed by atoms with Crippen molar-refractivity contribution in [1.82, 2.24) is 9.88 Å². The van der Waals surface area contributed by atoms with Gasteiger partial charge in [0.05, 0.1) is 23.0 Å². The van der Waals surface area contributed by atoms with Gasteiger partial charge in [0.2, 0.25) is 0 Å². The highest BCUT2D eigenvalue weighted by Gasteiger charge is 2.34. The van der Waals surface area contributed by atoms with E-state index in [0.29, 0.717) is 29.4 Å². The van der Waals surface area contributed by atoms with Crippen molar-refractivity contribution in [2.24, 2.45) is 0 Å². The van der Waals surface area contributed by atoms with Crippen LogP contribution < -0.4 is 5.32 Å². The van der Waals surface area contributed by atoms with Gasteiger partial charge in [0, 0.05) is 13.1 Å². The van der Waals surface area contributed by atoms with Crippen LogP contribution in [0.1, 0.15) is 20.7 Å². The molecule has 0 bridgehead atoms. The van der Waals surface area contributed by atoms with Crippen LogP contribution in [-0.4, -0.2) is 34.8 Å². The van der Waals surface area contributed by atoms with Crippen molar-refractivity contribution in [3.05, 3.63) is 58.9 Å². The number of rotatable bonds is 4. The number of anilines is 1. The highest BCUT2D eigenvalue weighted by molar-refractivity contribution is 6.29. The minimum absolute atomic E-state index is 0.244. The number of nitrogens with one attached hydrogen (secondary N) is 1. The standard InChI is InChI=1S/C15H12ClN3O2/c16-13-6-5-10(9-18-13)17-7-8-19-14(20)11-3-1-2-4-12(11)15(19)21/h1-6,9,17H,7-8H2. The lowest BCUT2D eigenvalue weighted by atomic mass is 10.1. The summed E-state index contributed by atoms with van der Waals surface area (Å²) in [4.78, 5) is 29.5. The first-order valence-corrected chi connectivity index (χ1v) is 6.85. The van der Waals surface area contributed by atoms with E-state index in [4.69, 9.17) is 11.6 Å². The van der Waals surface area contributed by atoms with Crippen molar-refractivity contribution in [2.75, 3.05) is 18.4 Å². The van der Waals surface area contributed by atoms with Crippen LogP contribution in [0.25, 0.3) is 0 Å². The maximum absolute atomic E-state index is 12.1. The maximum atomic E-state index is 12.1. The smallest absolute Gasteiger partial charge is 0.261 e. The van der Waals surface area contributed by atoms with Crippen molar-refractivity contribution in [1.29, 1.82) is 0 Å². The molecule has 6 heteroatoms. The molecule has 0 saturated carbocycles. The van der Waals surface area contributed by atoms with Crippen LogP contribution in [0, 0.1) is 0 Å². The van der Waals surface area contributed by atoms with Crippen LogP contribution in [-0.2, 0) is 0 Å². The average Bonchev–Trinajstić information content (AvgIpc) is 2.75. The lowest BCUT2D eigenvalue weighted by Crippen LogP contribution is -2.34. The fourth-order valence-corrected chi connectivity index (χ4v) is 2.35. The monoisotopic (exact) mass is 301 g/mol. The summed E-state index contributed by atoms with van der Waals surface area (Å²) in [5, 5.41) is 3.52. The first kappa shape index (κ1) is 13.6. The molecule has 21 heavy (non-hydrogen) atoms. The molecule has 0 aliphatic carbocycles. The third-order valence-electron chi connectivity index (χ3n) is 3.27. The molecular formula is C15H12ClN3O2. The molecule has 1 aromatic carbocycles. The molecule has 1 aromatic heterocycles. The zero-order valence-electron chi connectivity index (χ0n) is 11.0. The zero-order chi connectivity index (χ0) is 14.8. The highest BCUT2D eigenvalue weighted by atomic mass is 35.5. The number of carbonyl (C=O) groups is 2. The van der Waals surface area contributed by atoms with Crippen molar-refractivity contribution in [2.45, 2.75) is 0 Å². The number of imide groups is 1. The number of halogens is 1. The first-order valence-electron chi connectivity index (χ1n) is 6.47. The SMILES string of the molecule is O=C1c2ccccc2C(=O)N1CCNc1ccc(Cl)nc1. The van der Waals surface area contributed by atoms with E-state index in [9.17, 15) is 9.59 Å². The number of aromatic nitrogens is 1. The molecule has 2 amide bonds. The molecule has 0 atom stereocenters. The van der Waals surface area contributed by atoms with Crippen LogP contribution in [0.4, 0.5) is 5.69 Å². The van der Waals surface area contributed by atoms with E-state index in [1.807, 2.05) is 0 Å². The van der Waals surface area contributed by atoms with Crippen LogP contribution >= 0.6 is 11.6 Å². The predicted octanol–water partition coefficient (Wildman–Crippen LogP) is 2.44. The molecule has 5 nitrogen and oxygen atoms in total. The number of hydrogen-bond acceptors (Lipinski definition) is 4. The van der Waals surface area contributed by atoms with Crippen molar-refractivity contribution < 1.29 is 9.59 Å². The zero-order valence-corrected chi connectivity index (χ0v) is 11.8. The molecule has 1 aliphatic heterocycles. The lowest BCUT2D eigenvalue weighted by molar-refractivity contribution is 0.0660. The molecule has 0 unspecified atom stereocenters. The van der Waals surface area contributed by atoms with Gasteiger partial charge in [0.25, 0.3) is 11.8 Å². The van der Waals surface area contributed by atoms with Crippen molar-refractivity contribution in [3.8, 4) is 0 Å². The molecule has 1 aliphatic rings. The summed E-state index contributed by atoms with van der Waals surface area (Å²) in [6, 6.07) is 10.3. The fraction of sp³-hybridized carbons (Fsp3) is 0.133. The van der Waals surface area contributed by atoms with Gasteiger partial charge in [-0.3, -0.25) is 14.5 Å². The van der Waals surface area contributed by atoms with E-state index >= 15 is 0 Å². The lowest BCUT2D eigenvalue weighted by Gasteiger charge is -2.14. The molecule has 1 N–H and O–H groups in total. The van der Waals surface area contributed by atoms with E-state index < -0.39 is 0 Å². The molecular weight excluding hydrogens is 290 g/mol. The quantitative estimate of drug-likeness (QED) is 0.696. The van der Waals surface area contributed by atoms with Gasteiger partial charge >= 0.3 is 0 Å². The highest BCUT2D eigenvalue weighted by Crippen LogP contribution is 2.22. The second-order valence-corrected chi connectivity index (χ2v) is 4.99. The Labute approximate surface area is 126 Å². The second-order valence-electron chi connectivity index (χ2n) is 4.60. The van der Waals surface area contributed by atoms with E-state index in [0.717, 1.165) is 5.69 Å². The van der Waals surface area contributed by atoms with Crippen molar-refractivity contribution >= 4 is 29.1 Å². The summed E-state index contributed by atoms with van der Waals surface area (Å²) in [5.74, 6) is -0.488. The Hall–Kier alpha value is -2.40. The molecule has 3 rings (SSSR count). The minimum atomic E-state index is -0.244.